The molecule has 1 aromatic rings. The molecule has 0 spiro atoms. The Morgan fingerprint density at radius 1 is 1.08 bits per heavy atom. The van der Waals surface area contributed by atoms with E-state index in [2.05, 4.69) is 24.5 Å². The first-order valence-corrected chi connectivity index (χ1v) is 8.31. The molecular formula is C18H28N2O4. The van der Waals surface area contributed by atoms with Gasteiger partial charge in [0.1, 0.15) is 6.61 Å². The Hall–Kier alpha value is -2.08. The SMILES string of the molecule is CC(C)CCOCCOC(=O)c1cccc(NC(=O)NC(C)C)c1. The Kier molecular flexibility index (Phi) is 8.86. The largest absolute Gasteiger partial charge is 0.460 e. The van der Waals surface area contributed by atoms with E-state index in [0.717, 1.165) is 6.42 Å². The van der Waals surface area contributed by atoms with Crippen molar-refractivity contribution < 1.29 is 19.1 Å². The molecule has 0 heterocycles. The average molecular weight is 336 g/mol. The number of ether oxygens (including phenoxy) is 2. The van der Waals surface area contributed by atoms with Crippen LogP contribution in [0, 0.1) is 5.92 Å². The first-order valence-electron chi connectivity index (χ1n) is 8.31. The molecule has 24 heavy (non-hydrogen) atoms. The first-order chi connectivity index (χ1) is 11.4. The molecule has 0 aliphatic carbocycles. The van der Waals surface area contributed by atoms with Crippen LogP contribution < -0.4 is 10.6 Å². The molecule has 134 valence electrons. The van der Waals surface area contributed by atoms with Gasteiger partial charge in [-0.05, 0) is 44.4 Å². The van der Waals surface area contributed by atoms with Crippen molar-refractivity contribution in [2.24, 2.45) is 5.92 Å². The fraction of sp³-hybridized carbons (Fsp3) is 0.556. The van der Waals surface area contributed by atoms with Crippen LogP contribution in [0.1, 0.15) is 44.5 Å². The zero-order valence-corrected chi connectivity index (χ0v) is 14.9. The van der Waals surface area contributed by atoms with E-state index < -0.39 is 5.97 Å². The highest BCUT2D eigenvalue weighted by Crippen LogP contribution is 2.11. The Balaban J connectivity index is 2.39. The number of amides is 2. The van der Waals surface area contributed by atoms with Crippen molar-refractivity contribution in [3.8, 4) is 0 Å². The number of carbonyl (C=O) groups is 2. The fourth-order valence-corrected chi connectivity index (χ4v) is 1.85. The second-order valence-electron chi connectivity index (χ2n) is 6.26. The molecule has 0 aromatic heterocycles. The number of nitrogens with one attached hydrogen (secondary N) is 2. The molecule has 1 aromatic carbocycles. The van der Waals surface area contributed by atoms with Gasteiger partial charge in [0.15, 0.2) is 0 Å². The van der Waals surface area contributed by atoms with Crippen LogP contribution in [0.2, 0.25) is 0 Å². The third-order valence-electron chi connectivity index (χ3n) is 3.08. The monoisotopic (exact) mass is 336 g/mol. The molecule has 0 aliphatic heterocycles. The molecule has 2 amide bonds. The van der Waals surface area contributed by atoms with Crippen molar-refractivity contribution in [3.05, 3.63) is 29.8 Å². The lowest BCUT2D eigenvalue weighted by Gasteiger charge is -2.11. The second kappa shape index (κ2) is 10.6. The molecule has 0 atom stereocenters. The van der Waals surface area contributed by atoms with Crippen molar-refractivity contribution in [1.29, 1.82) is 0 Å². The Bertz CT molecular complexity index is 530. The third-order valence-corrected chi connectivity index (χ3v) is 3.08. The summed E-state index contributed by atoms with van der Waals surface area (Å²) in [4.78, 5) is 23.7. The summed E-state index contributed by atoms with van der Waals surface area (Å²) in [6, 6.07) is 6.37. The van der Waals surface area contributed by atoms with Crippen LogP contribution in [-0.2, 0) is 9.47 Å². The van der Waals surface area contributed by atoms with Crippen molar-refractivity contribution >= 4 is 17.7 Å². The van der Waals surface area contributed by atoms with Crippen LogP contribution in [0.3, 0.4) is 0 Å². The lowest BCUT2D eigenvalue weighted by Crippen LogP contribution is -2.34. The number of esters is 1. The molecule has 2 N–H and O–H groups in total. The number of anilines is 1. The number of hydrogen-bond acceptors (Lipinski definition) is 4. The van der Waals surface area contributed by atoms with E-state index in [1.165, 1.54) is 0 Å². The minimum atomic E-state index is -0.435. The molecule has 0 aliphatic rings. The van der Waals surface area contributed by atoms with E-state index in [9.17, 15) is 9.59 Å². The second-order valence-corrected chi connectivity index (χ2v) is 6.26. The number of urea groups is 1. The van der Waals surface area contributed by atoms with Crippen LogP contribution >= 0.6 is 0 Å². The van der Waals surface area contributed by atoms with Gasteiger partial charge in [-0.3, -0.25) is 0 Å². The molecular weight excluding hydrogens is 308 g/mol. The number of rotatable bonds is 9. The van der Waals surface area contributed by atoms with E-state index >= 15 is 0 Å². The summed E-state index contributed by atoms with van der Waals surface area (Å²) in [5, 5.41) is 5.40. The van der Waals surface area contributed by atoms with E-state index in [-0.39, 0.29) is 18.7 Å². The van der Waals surface area contributed by atoms with Gasteiger partial charge in [0.25, 0.3) is 0 Å². The van der Waals surface area contributed by atoms with Crippen molar-refractivity contribution in [3.63, 3.8) is 0 Å². The number of benzene rings is 1. The van der Waals surface area contributed by atoms with Gasteiger partial charge in [0, 0.05) is 18.3 Å². The normalized spacial score (nSPS) is 10.8. The third kappa shape index (κ3) is 8.53. The zero-order valence-electron chi connectivity index (χ0n) is 14.9. The van der Waals surface area contributed by atoms with E-state index in [1.807, 2.05) is 13.8 Å². The summed E-state index contributed by atoms with van der Waals surface area (Å²) in [5.41, 5.74) is 0.926. The highest BCUT2D eigenvalue weighted by Gasteiger charge is 2.09. The van der Waals surface area contributed by atoms with Gasteiger partial charge in [-0.1, -0.05) is 19.9 Å². The van der Waals surface area contributed by atoms with E-state index in [4.69, 9.17) is 9.47 Å². The van der Waals surface area contributed by atoms with Crippen molar-refractivity contribution in [2.45, 2.75) is 40.2 Å². The number of hydrogen-bond donors (Lipinski definition) is 2. The molecule has 0 unspecified atom stereocenters. The van der Waals surface area contributed by atoms with Crippen LogP contribution in [0.5, 0.6) is 0 Å². The molecule has 0 radical (unpaired) electrons. The summed E-state index contributed by atoms with van der Waals surface area (Å²) in [6.45, 7) is 9.26. The molecule has 0 saturated carbocycles. The molecule has 6 heteroatoms. The molecule has 0 bridgehead atoms. The number of carbonyl (C=O) groups excluding carboxylic acids is 2. The summed E-state index contributed by atoms with van der Waals surface area (Å²) >= 11 is 0. The maximum atomic E-state index is 12.0. The summed E-state index contributed by atoms with van der Waals surface area (Å²) in [7, 11) is 0. The van der Waals surface area contributed by atoms with Gasteiger partial charge in [0.05, 0.1) is 12.2 Å². The van der Waals surface area contributed by atoms with Gasteiger partial charge < -0.3 is 20.1 Å². The van der Waals surface area contributed by atoms with Crippen LogP contribution in [0.25, 0.3) is 0 Å². The van der Waals surface area contributed by atoms with Gasteiger partial charge in [-0.15, -0.1) is 0 Å². The molecule has 6 nitrogen and oxygen atoms in total. The van der Waals surface area contributed by atoms with Crippen LogP contribution in [-0.4, -0.2) is 37.9 Å². The zero-order chi connectivity index (χ0) is 17.9. The van der Waals surface area contributed by atoms with Crippen LogP contribution in [0.15, 0.2) is 24.3 Å². The van der Waals surface area contributed by atoms with E-state index in [1.54, 1.807) is 24.3 Å². The highest BCUT2D eigenvalue weighted by atomic mass is 16.6. The van der Waals surface area contributed by atoms with Crippen molar-refractivity contribution in [2.75, 3.05) is 25.1 Å². The Morgan fingerprint density at radius 2 is 1.83 bits per heavy atom. The Labute approximate surface area is 143 Å². The highest BCUT2D eigenvalue weighted by molar-refractivity contribution is 5.93. The first kappa shape index (κ1) is 20.0. The average Bonchev–Trinajstić information content (AvgIpc) is 2.49. The molecule has 0 saturated heterocycles. The van der Waals surface area contributed by atoms with Gasteiger partial charge in [-0.25, -0.2) is 9.59 Å². The smallest absolute Gasteiger partial charge is 0.338 e. The Morgan fingerprint density at radius 3 is 2.50 bits per heavy atom. The maximum absolute atomic E-state index is 12.0. The predicted octanol–water partition coefficient (Wildman–Crippen LogP) is 3.44. The maximum Gasteiger partial charge on any atom is 0.338 e. The fourth-order valence-electron chi connectivity index (χ4n) is 1.85. The predicted molar refractivity (Wildman–Crippen MR) is 94.3 cm³/mol. The standard InChI is InChI=1S/C18H28N2O4/c1-13(2)8-9-23-10-11-24-17(21)15-6-5-7-16(12-15)20-18(22)19-14(3)4/h5-7,12-14H,8-11H2,1-4H3,(H2,19,20,22). The summed E-state index contributed by atoms with van der Waals surface area (Å²) in [5.74, 6) is 0.158. The molecule has 1 rings (SSSR count). The van der Waals surface area contributed by atoms with Gasteiger partial charge in [0.2, 0.25) is 0 Å². The molecule has 0 fully saturated rings. The quantitative estimate of drug-likeness (QED) is 0.535. The minimum absolute atomic E-state index is 0.0360. The van der Waals surface area contributed by atoms with Crippen LogP contribution in [0.4, 0.5) is 10.5 Å². The summed E-state index contributed by atoms with van der Waals surface area (Å²) < 4.78 is 10.6. The van der Waals surface area contributed by atoms with Gasteiger partial charge in [-0.2, -0.15) is 0 Å². The lowest BCUT2D eigenvalue weighted by atomic mass is 10.1. The lowest BCUT2D eigenvalue weighted by molar-refractivity contribution is 0.0303. The van der Waals surface area contributed by atoms with E-state index in [0.29, 0.717) is 30.4 Å². The van der Waals surface area contributed by atoms with Crippen molar-refractivity contribution in [1.82, 2.24) is 5.32 Å². The minimum Gasteiger partial charge on any atom is -0.460 e. The summed E-state index contributed by atoms with van der Waals surface area (Å²) in [6.07, 6.45) is 0.986. The van der Waals surface area contributed by atoms with Gasteiger partial charge >= 0.3 is 12.0 Å². The topological polar surface area (TPSA) is 76.7 Å².